The van der Waals surface area contributed by atoms with Crippen LogP contribution in [0.4, 0.5) is 13.2 Å². The minimum Gasteiger partial charge on any atom is -0.370 e. The Hall–Kier alpha value is -1.60. The van der Waals surface area contributed by atoms with Gasteiger partial charge in [-0.15, -0.1) is 0 Å². The van der Waals surface area contributed by atoms with Gasteiger partial charge < -0.3 is 15.8 Å². The lowest BCUT2D eigenvalue weighted by atomic mass is 10.1. The van der Waals surface area contributed by atoms with Gasteiger partial charge in [-0.1, -0.05) is 30.3 Å². The third kappa shape index (κ3) is 8.31. The second-order valence-corrected chi connectivity index (χ2v) is 4.59. The Morgan fingerprint density at radius 3 is 2.57 bits per heavy atom. The molecule has 0 heterocycles. The van der Waals surface area contributed by atoms with Gasteiger partial charge in [-0.25, -0.2) is 0 Å². The van der Waals surface area contributed by atoms with Crippen LogP contribution in [-0.2, 0) is 16.0 Å². The highest BCUT2D eigenvalue weighted by molar-refractivity contribution is 5.81. The molecule has 1 atom stereocenters. The number of ether oxygens (including phenoxy) is 1. The van der Waals surface area contributed by atoms with Crippen LogP contribution in [0.1, 0.15) is 12.0 Å². The molecule has 0 bridgehead atoms. The molecule has 0 saturated carbocycles. The van der Waals surface area contributed by atoms with E-state index in [0.29, 0.717) is 12.8 Å². The summed E-state index contributed by atoms with van der Waals surface area (Å²) in [6.07, 6.45) is -3.21. The first-order chi connectivity index (χ1) is 9.88. The van der Waals surface area contributed by atoms with E-state index in [1.807, 2.05) is 30.3 Å². The molecule has 1 amide bonds. The topological polar surface area (TPSA) is 64.4 Å². The molecule has 1 aromatic carbocycles. The lowest BCUT2D eigenvalue weighted by molar-refractivity contribution is -0.173. The Balaban J connectivity index is 2.14. The highest BCUT2D eigenvalue weighted by Gasteiger charge is 2.27. The summed E-state index contributed by atoms with van der Waals surface area (Å²) >= 11 is 0. The number of nitrogens with two attached hydrogens (primary N) is 1. The summed E-state index contributed by atoms with van der Waals surface area (Å²) in [5.74, 6) is -0.387. The first-order valence-electron chi connectivity index (χ1n) is 6.60. The van der Waals surface area contributed by atoms with E-state index < -0.39 is 18.8 Å². The third-order valence-electron chi connectivity index (χ3n) is 2.73. The maximum Gasteiger partial charge on any atom is 0.411 e. The van der Waals surface area contributed by atoms with Crippen molar-refractivity contribution in [2.75, 3.05) is 19.8 Å². The number of benzene rings is 1. The molecule has 0 fully saturated rings. The molecule has 118 valence electrons. The standard InChI is InChI=1S/C14H19F3N2O2/c15-14(16,17)10-21-9-8-19-13(20)12(18)7-6-11-4-2-1-3-5-11/h1-5,12H,6-10,18H2,(H,19,20)/t12-/m0/s1. The van der Waals surface area contributed by atoms with Crippen molar-refractivity contribution in [1.29, 1.82) is 0 Å². The molecule has 7 heteroatoms. The fourth-order valence-electron chi connectivity index (χ4n) is 1.66. The summed E-state index contributed by atoms with van der Waals surface area (Å²) in [7, 11) is 0. The number of carbonyl (C=O) groups excluding carboxylic acids is 1. The molecular formula is C14H19F3N2O2. The summed E-state index contributed by atoms with van der Waals surface area (Å²) < 4.78 is 39.8. The summed E-state index contributed by atoms with van der Waals surface area (Å²) in [6, 6.07) is 8.90. The fraction of sp³-hybridized carbons (Fsp3) is 0.500. The first-order valence-corrected chi connectivity index (χ1v) is 6.60. The van der Waals surface area contributed by atoms with Gasteiger partial charge >= 0.3 is 6.18 Å². The van der Waals surface area contributed by atoms with E-state index in [-0.39, 0.29) is 19.1 Å². The Labute approximate surface area is 121 Å². The van der Waals surface area contributed by atoms with Crippen molar-refractivity contribution in [2.45, 2.75) is 25.1 Å². The number of alkyl halides is 3. The van der Waals surface area contributed by atoms with Gasteiger partial charge in [-0.3, -0.25) is 4.79 Å². The summed E-state index contributed by atoms with van der Waals surface area (Å²) in [6.45, 7) is -1.51. The number of rotatable bonds is 8. The summed E-state index contributed by atoms with van der Waals surface area (Å²) in [5, 5.41) is 2.45. The van der Waals surface area contributed by atoms with Gasteiger partial charge in [0.25, 0.3) is 0 Å². The van der Waals surface area contributed by atoms with Crippen molar-refractivity contribution in [1.82, 2.24) is 5.32 Å². The predicted molar refractivity (Wildman–Crippen MR) is 72.6 cm³/mol. The Kier molecular flexibility index (Phi) is 7.18. The monoisotopic (exact) mass is 304 g/mol. The number of halogens is 3. The minimum absolute atomic E-state index is 0.00789. The summed E-state index contributed by atoms with van der Waals surface area (Å²) in [4.78, 5) is 11.6. The molecule has 0 aliphatic carbocycles. The number of aryl methyl sites for hydroxylation is 1. The van der Waals surface area contributed by atoms with Gasteiger partial charge in [-0.05, 0) is 18.4 Å². The van der Waals surface area contributed by atoms with Crippen molar-refractivity contribution in [2.24, 2.45) is 5.73 Å². The fourth-order valence-corrected chi connectivity index (χ4v) is 1.66. The quantitative estimate of drug-likeness (QED) is 0.718. The van der Waals surface area contributed by atoms with Gasteiger partial charge in [0.1, 0.15) is 6.61 Å². The molecule has 0 aliphatic heterocycles. The van der Waals surface area contributed by atoms with Crippen LogP contribution in [0, 0.1) is 0 Å². The number of amides is 1. The van der Waals surface area contributed by atoms with Gasteiger partial charge in [0.2, 0.25) is 5.91 Å². The molecule has 3 N–H and O–H groups in total. The zero-order valence-electron chi connectivity index (χ0n) is 11.5. The maximum absolute atomic E-state index is 11.8. The molecule has 21 heavy (non-hydrogen) atoms. The molecule has 0 saturated heterocycles. The van der Waals surface area contributed by atoms with Crippen LogP contribution in [0.2, 0.25) is 0 Å². The largest absolute Gasteiger partial charge is 0.411 e. The molecule has 0 spiro atoms. The highest BCUT2D eigenvalue weighted by atomic mass is 19.4. The van der Waals surface area contributed by atoms with Gasteiger partial charge in [-0.2, -0.15) is 13.2 Å². The molecular weight excluding hydrogens is 285 g/mol. The highest BCUT2D eigenvalue weighted by Crippen LogP contribution is 2.13. The predicted octanol–water partition coefficient (Wildman–Crippen LogP) is 1.64. The Morgan fingerprint density at radius 1 is 1.29 bits per heavy atom. The molecule has 0 unspecified atom stereocenters. The molecule has 1 rings (SSSR count). The van der Waals surface area contributed by atoms with Gasteiger partial charge in [0.15, 0.2) is 0 Å². The minimum atomic E-state index is -4.35. The van der Waals surface area contributed by atoms with Crippen molar-refractivity contribution in [3.63, 3.8) is 0 Å². The number of carbonyl (C=O) groups is 1. The smallest absolute Gasteiger partial charge is 0.370 e. The zero-order valence-corrected chi connectivity index (χ0v) is 11.5. The average Bonchev–Trinajstić information content (AvgIpc) is 2.44. The van der Waals surface area contributed by atoms with Gasteiger partial charge in [0, 0.05) is 6.54 Å². The van der Waals surface area contributed by atoms with Crippen molar-refractivity contribution in [3.8, 4) is 0 Å². The van der Waals surface area contributed by atoms with E-state index in [4.69, 9.17) is 5.73 Å². The third-order valence-corrected chi connectivity index (χ3v) is 2.73. The molecule has 0 aliphatic rings. The van der Waals surface area contributed by atoms with E-state index >= 15 is 0 Å². The normalized spacial score (nSPS) is 13.0. The lowest BCUT2D eigenvalue weighted by Crippen LogP contribution is -2.42. The molecule has 0 radical (unpaired) electrons. The number of hydrogen-bond donors (Lipinski definition) is 2. The van der Waals surface area contributed by atoms with Crippen LogP contribution in [0.15, 0.2) is 30.3 Å². The second-order valence-electron chi connectivity index (χ2n) is 4.59. The van der Waals surface area contributed by atoms with E-state index in [9.17, 15) is 18.0 Å². The van der Waals surface area contributed by atoms with E-state index in [1.165, 1.54) is 0 Å². The zero-order chi connectivity index (χ0) is 15.7. The molecule has 1 aromatic rings. The Morgan fingerprint density at radius 2 is 1.95 bits per heavy atom. The van der Waals surface area contributed by atoms with Gasteiger partial charge in [0.05, 0.1) is 12.6 Å². The first kappa shape index (κ1) is 17.5. The Bertz CT molecular complexity index is 424. The molecule has 4 nitrogen and oxygen atoms in total. The van der Waals surface area contributed by atoms with Crippen LogP contribution in [0.5, 0.6) is 0 Å². The van der Waals surface area contributed by atoms with Crippen LogP contribution < -0.4 is 11.1 Å². The second kappa shape index (κ2) is 8.63. The number of nitrogens with one attached hydrogen (secondary N) is 1. The van der Waals surface area contributed by atoms with Crippen molar-refractivity contribution >= 4 is 5.91 Å². The average molecular weight is 304 g/mol. The van der Waals surface area contributed by atoms with Crippen molar-refractivity contribution in [3.05, 3.63) is 35.9 Å². The van der Waals surface area contributed by atoms with Crippen molar-refractivity contribution < 1.29 is 22.7 Å². The van der Waals surface area contributed by atoms with Crippen LogP contribution in [0.25, 0.3) is 0 Å². The van der Waals surface area contributed by atoms with Crippen LogP contribution in [-0.4, -0.2) is 37.9 Å². The van der Waals surface area contributed by atoms with E-state index in [1.54, 1.807) is 0 Å². The SMILES string of the molecule is N[C@@H](CCc1ccccc1)C(=O)NCCOCC(F)(F)F. The maximum atomic E-state index is 11.8. The van der Waals surface area contributed by atoms with Crippen LogP contribution in [0.3, 0.4) is 0 Å². The van der Waals surface area contributed by atoms with E-state index in [2.05, 4.69) is 10.1 Å². The van der Waals surface area contributed by atoms with E-state index in [0.717, 1.165) is 5.56 Å². The number of hydrogen-bond acceptors (Lipinski definition) is 3. The lowest BCUT2D eigenvalue weighted by Gasteiger charge is -2.13. The molecule has 0 aromatic heterocycles. The van der Waals surface area contributed by atoms with Crippen LogP contribution >= 0.6 is 0 Å². The summed E-state index contributed by atoms with van der Waals surface area (Å²) in [5.41, 5.74) is 6.79.